The van der Waals surface area contributed by atoms with E-state index in [0.29, 0.717) is 6.04 Å². The predicted molar refractivity (Wildman–Crippen MR) is 84.3 cm³/mol. The van der Waals surface area contributed by atoms with Gasteiger partial charge in [0.2, 0.25) is 0 Å². The van der Waals surface area contributed by atoms with Gasteiger partial charge in [-0.05, 0) is 69.4 Å². The van der Waals surface area contributed by atoms with Gasteiger partial charge in [0.05, 0.1) is 12.0 Å². The van der Waals surface area contributed by atoms with Crippen molar-refractivity contribution in [3.63, 3.8) is 0 Å². The molecular weight excluding hydrogens is 244 g/mol. The summed E-state index contributed by atoms with van der Waals surface area (Å²) in [6, 6.07) is 3.15. The summed E-state index contributed by atoms with van der Waals surface area (Å²) in [7, 11) is 0. The Labute approximate surface area is 125 Å². The second-order valence-corrected chi connectivity index (χ2v) is 7.36. The van der Waals surface area contributed by atoms with Crippen LogP contribution in [0.2, 0.25) is 0 Å². The molecule has 0 amide bonds. The molecule has 0 spiro atoms. The minimum absolute atomic E-state index is 0.286. The molecule has 2 aliphatic rings. The molecule has 0 N–H and O–H groups in total. The van der Waals surface area contributed by atoms with Gasteiger partial charge < -0.3 is 0 Å². The molecule has 0 aromatic heterocycles. The molecule has 0 aromatic rings. The highest BCUT2D eigenvalue weighted by molar-refractivity contribution is 4.98. The largest absolute Gasteiger partial charge is 0.299 e. The zero-order chi connectivity index (χ0) is 14.5. The van der Waals surface area contributed by atoms with Crippen LogP contribution in [0, 0.1) is 35.0 Å². The lowest BCUT2D eigenvalue weighted by Crippen LogP contribution is -2.44. The van der Waals surface area contributed by atoms with Gasteiger partial charge in [0.1, 0.15) is 0 Å². The van der Waals surface area contributed by atoms with Crippen molar-refractivity contribution in [1.82, 2.24) is 4.90 Å². The van der Waals surface area contributed by atoms with Crippen molar-refractivity contribution in [3.8, 4) is 6.07 Å². The first-order chi connectivity index (χ1) is 9.65. The molecule has 1 saturated carbocycles. The fourth-order valence-electron chi connectivity index (χ4n) is 4.30. The Kier molecular flexibility index (Phi) is 5.90. The van der Waals surface area contributed by atoms with E-state index >= 15 is 0 Å². The molecule has 2 heteroatoms. The maximum Gasteiger partial charge on any atom is 0.0672 e. The van der Waals surface area contributed by atoms with E-state index in [1.807, 2.05) is 0 Å². The van der Waals surface area contributed by atoms with Crippen LogP contribution in [0.1, 0.15) is 65.7 Å². The first-order valence-electron chi connectivity index (χ1n) is 8.79. The summed E-state index contributed by atoms with van der Waals surface area (Å²) in [5.41, 5.74) is 0. The number of rotatable bonds is 3. The lowest BCUT2D eigenvalue weighted by molar-refractivity contribution is 0.101. The highest BCUT2D eigenvalue weighted by Crippen LogP contribution is 2.35. The highest BCUT2D eigenvalue weighted by Gasteiger charge is 2.34. The third-order valence-electron chi connectivity index (χ3n) is 5.89. The number of nitriles is 1. The zero-order valence-corrected chi connectivity index (χ0v) is 13.6. The average Bonchev–Trinajstić information content (AvgIpc) is 2.72. The molecule has 4 atom stereocenters. The summed E-state index contributed by atoms with van der Waals surface area (Å²) in [5.74, 6) is 2.85. The Morgan fingerprint density at radius 1 is 1.15 bits per heavy atom. The Morgan fingerprint density at radius 3 is 2.60 bits per heavy atom. The van der Waals surface area contributed by atoms with E-state index in [1.165, 1.54) is 51.6 Å². The van der Waals surface area contributed by atoms with Gasteiger partial charge in [-0.1, -0.05) is 27.2 Å². The molecule has 1 heterocycles. The summed E-state index contributed by atoms with van der Waals surface area (Å²) in [4.78, 5) is 2.68. The third kappa shape index (κ3) is 3.76. The zero-order valence-electron chi connectivity index (χ0n) is 13.6. The van der Waals surface area contributed by atoms with E-state index in [9.17, 15) is 5.26 Å². The highest BCUT2D eigenvalue weighted by atomic mass is 15.2. The van der Waals surface area contributed by atoms with Crippen LogP contribution >= 0.6 is 0 Å². The summed E-state index contributed by atoms with van der Waals surface area (Å²) in [6.45, 7) is 9.49. The maximum atomic E-state index is 9.48. The van der Waals surface area contributed by atoms with E-state index in [-0.39, 0.29) is 5.92 Å². The molecule has 0 bridgehead atoms. The van der Waals surface area contributed by atoms with Crippen LogP contribution in [-0.2, 0) is 0 Å². The van der Waals surface area contributed by atoms with E-state index < -0.39 is 0 Å². The monoisotopic (exact) mass is 276 g/mol. The predicted octanol–water partition coefficient (Wildman–Crippen LogP) is 4.46. The Bertz CT molecular complexity index is 331. The van der Waals surface area contributed by atoms with Gasteiger partial charge in [-0.25, -0.2) is 0 Å². The second kappa shape index (κ2) is 7.46. The summed E-state index contributed by atoms with van der Waals surface area (Å²) in [6.07, 6.45) is 9.00. The van der Waals surface area contributed by atoms with E-state index in [1.54, 1.807) is 0 Å². The van der Waals surface area contributed by atoms with Gasteiger partial charge in [-0.3, -0.25) is 4.90 Å². The van der Waals surface area contributed by atoms with Crippen molar-refractivity contribution in [1.29, 1.82) is 5.26 Å². The Morgan fingerprint density at radius 2 is 1.95 bits per heavy atom. The van der Waals surface area contributed by atoms with Crippen LogP contribution in [0.25, 0.3) is 0 Å². The number of nitrogens with zero attached hydrogens (tertiary/aromatic N) is 2. The lowest BCUT2D eigenvalue weighted by atomic mass is 9.77. The van der Waals surface area contributed by atoms with Gasteiger partial charge in [0.15, 0.2) is 0 Å². The first-order valence-corrected chi connectivity index (χ1v) is 8.79. The molecule has 1 saturated heterocycles. The average molecular weight is 276 g/mol. The number of hydrogen-bond donors (Lipinski definition) is 0. The van der Waals surface area contributed by atoms with Crippen LogP contribution in [0.4, 0.5) is 0 Å². The first kappa shape index (κ1) is 15.8. The SMILES string of the molecule is CCC1CCC(C#N)C(N2CCCC(C(C)C)CC2)C1. The van der Waals surface area contributed by atoms with Gasteiger partial charge in [-0.2, -0.15) is 5.26 Å². The van der Waals surface area contributed by atoms with Crippen molar-refractivity contribution in [2.24, 2.45) is 23.7 Å². The Balaban J connectivity index is 1.99. The van der Waals surface area contributed by atoms with Crippen molar-refractivity contribution < 1.29 is 0 Å². The van der Waals surface area contributed by atoms with Gasteiger partial charge in [0, 0.05) is 6.04 Å². The third-order valence-corrected chi connectivity index (χ3v) is 5.89. The van der Waals surface area contributed by atoms with E-state index in [4.69, 9.17) is 0 Å². The standard InChI is InChI=1S/C18H32N2/c1-4-15-7-8-17(13-19)18(12-15)20-10-5-6-16(9-11-20)14(2)3/h14-18H,4-12H2,1-3H3. The fourth-order valence-corrected chi connectivity index (χ4v) is 4.30. The topological polar surface area (TPSA) is 27.0 Å². The maximum absolute atomic E-state index is 9.48. The molecule has 1 aliphatic carbocycles. The number of hydrogen-bond acceptors (Lipinski definition) is 2. The quantitative estimate of drug-likeness (QED) is 0.761. The van der Waals surface area contributed by atoms with Crippen molar-refractivity contribution in [3.05, 3.63) is 0 Å². The molecule has 20 heavy (non-hydrogen) atoms. The minimum atomic E-state index is 0.286. The van der Waals surface area contributed by atoms with Crippen molar-refractivity contribution in [2.45, 2.75) is 71.8 Å². The minimum Gasteiger partial charge on any atom is -0.299 e. The van der Waals surface area contributed by atoms with Crippen LogP contribution in [0.3, 0.4) is 0 Å². The van der Waals surface area contributed by atoms with Crippen LogP contribution in [0.5, 0.6) is 0 Å². The smallest absolute Gasteiger partial charge is 0.0672 e. The van der Waals surface area contributed by atoms with Crippen LogP contribution in [0.15, 0.2) is 0 Å². The summed E-state index contributed by atoms with van der Waals surface area (Å²) >= 11 is 0. The van der Waals surface area contributed by atoms with E-state index in [2.05, 4.69) is 31.7 Å². The fraction of sp³-hybridized carbons (Fsp3) is 0.944. The second-order valence-electron chi connectivity index (χ2n) is 7.36. The van der Waals surface area contributed by atoms with Gasteiger partial charge in [0.25, 0.3) is 0 Å². The van der Waals surface area contributed by atoms with Crippen molar-refractivity contribution in [2.75, 3.05) is 13.1 Å². The van der Waals surface area contributed by atoms with E-state index in [0.717, 1.165) is 24.2 Å². The van der Waals surface area contributed by atoms with Crippen LogP contribution in [-0.4, -0.2) is 24.0 Å². The number of likely N-dealkylation sites (tertiary alicyclic amines) is 1. The summed E-state index contributed by atoms with van der Waals surface area (Å²) in [5, 5.41) is 9.48. The molecule has 0 radical (unpaired) electrons. The Hall–Kier alpha value is -0.550. The molecule has 2 fully saturated rings. The molecule has 114 valence electrons. The van der Waals surface area contributed by atoms with Crippen molar-refractivity contribution >= 4 is 0 Å². The van der Waals surface area contributed by atoms with Gasteiger partial charge in [-0.15, -0.1) is 0 Å². The molecule has 2 nitrogen and oxygen atoms in total. The lowest BCUT2D eigenvalue weighted by Gasteiger charge is -2.40. The summed E-state index contributed by atoms with van der Waals surface area (Å²) < 4.78 is 0. The molecule has 4 unspecified atom stereocenters. The van der Waals surface area contributed by atoms with Crippen LogP contribution < -0.4 is 0 Å². The normalized spacial score (nSPS) is 36.5. The molecule has 1 aliphatic heterocycles. The van der Waals surface area contributed by atoms with Gasteiger partial charge >= 0.3 is 0 Å². The molecular formula is C18H32N2. The molecule has 0 aromatic carbocycles. The molecule has 2 rings (SSSR count).